The summed E-state index contributed by atoms with van der Waals surface area (Å²) in [6, 6.07) is 6.05. The van der Waals surface area contributed by atoms with Gasteiger partial charge in [0.2, 0.25) is 10.0 Å². The molecule has 0 aliphatic carbocycles. The predicted molar refractivity (Wildman–Crippen MR) is 97.2 cm³/mol. The number of ether oxygens (including phenoxy) is 1. The molecule has 7 nitrogen and oxygen atoms in total. The predicted octanol–water partition coefficient (Wildman–Crippen LogP) is 2.41. The third-order valence-electron chi connectivity index (χ3n) is 3.87. The Balaban J connectivity index is 1.84. The molecule has 1 saturated heterocycles. The minimum Gasteiger partial charge on any atom is -0.379 e. The molecule has 1 aliphatic heterocycles. The Morgan fingerprint density at radius 3 is 2.44 bits per heavy atom. The first-order valence-corrected chi connectivity index (χ1v) is 10.1. The minimum absolute atomic E-state index is 0.139. The van der Waals surface area contributed by atoms with Crippen LogP contribution in [0, 0.1) is 0 Å². The number of nitrogens with one attached hydrogen (secondary N) is 2. The number of hydrogen-bond acceptors (Lipinski definition) is 4. The Hall–Kier alpha value is -1.64. The molecule has 0 spiro atoms. The zero-order chi connectivity index (χ0) is 18.3. The molecule has 0 aromatic heterocycles. The van der Waals surface area contributed by atoms with Crippen molar-refractivity contribution in [2.75, 3.05) is 31.6 Å². The summed E-state index contributed by atoms with van der Waals surface area (Å²) in [7, 11) is -3.55. The van der Waals surface area contributed by atoms with Gasteiger partial charge >= 0.3 is 6.03 Å². The van der Waals surface area contributed by atoms with Gasteiger partial charge in [-0.3, -0.25) is 0 Å². The Morgan fingerprint density at radius 2 is 1.84 bits per heavy atom. The molecule has 25 heavy (non-hydrogen) atoms. The van der Waals surface area contributed by atoms with E-state index < -0.39 is 10.0 Å². The fourth-order valence-electron chi connectivity index (χ4n) is 2.52. The topological polar surface area (TPSA) is 87.7 Å². The van der Waals surface area contributed by atoms with Gasteiger partial charge in [0.1, 0.15) is 0 Å². The number of likely N-dealkylation sites (tertiary alicyclic amines) is 1. The normalized spacial score (nSPS) is 14.9. The molecule has 1 aromatic carbocycles. The van der Waals surface area contributed by atoms with Gasteiger partial charge in [-0.15, -0.1) is 0 Å². The van der Waals surface area contributed by atoms with E-state index in [-0.39, 0.29) is 17.0 Å². The van der Waals surface area contributed by atoms with Crippen molar-refractivity contribution < 1.29 is 17.9 Å². The molecule has 2 amide bonds. The van der Waals surface area contributed by atoms with E-state index in [9.17, 15) is 13.2 Å². The zero-order valence-electron chi connectivity index (χ0n) is 14.8. The molecule has 0 atom stereocenters. The lowest BCUT2D eigenvalue weighted by Crippen LogP contribution is -2.32. The number of amides is 2. The summed E-state index contributed by atoms with van der Waals surface area (Å²) in [6.07, 6.45) is 2.80. The van der Waals surface area contributed by atoms with Crippen molar-refractivity contribution >= 4 is 21.7 Å². The lowest BCUT2D eigenvalue weighted by Gasteiger charge is -2.16. The maximum Gasteiger partial charge on any atom is 0.321 e. The van der Waals surface area contributed by atoms with E-state index >= 15 is 0 Å². The number of carbonyl (C=O) groups excluding carboxylic acids is 1. The van der Waals surface area contributed by atoms with Crippen LogP contribution in [0.3, 0.4) is 0 Å². The molecule has 1 aliphatic rings. The quantitative estimate of drug-likeness (QED) is 0.689. The molecular formula is C17H27N3O4S. The van der Waals surface area contributed by atoms with Gasteiger partial charge in [0.15, 0.2) is 0 Å². The third-order valence-corrected chi connectivity index (χ3v) is 5.35. The van der Waals surface area contributed by atoms with Gasteiger partial charge in [-0.05, 0) is 57.4 Å². The SMILES string of the molecule is CC(C)OCCCNS(=O)(=O)c1ccc(NC(=O)N2CCCC2)cc1. The van der Waals surface area contributed by atoms with Crippen LogP contribution in [0.5, 0.6) is 0 Å². The largest absolute Gasteiger partial charge is 0.379 e. The van der Waals surface area contributed by atoms with Crippen molar-refractivity contribution in [3.05, 3.63) is 24.3 Å². The molecule has 2 N–H and O–H groups in total. The zero-order valence-corrected chi connectivity index (χ0v) is 15.6. The lowest BCUT2D eigenvalue weighted by atomic mass is 10.3. The third kappa shape index (κ3) is 6.30. The van der Waals surface area contributed by atoms with E-state index in [4.69, 9.17) is 4.74 Å². The monoisotopic (exact) mass is 369 g/mol. The van der Waals surface area contributed by atoms with Crippen LogP contribution < -0.4 is 10.0 Å². The van der Waals surface area contributed by atoms with Crippen LogP contribution in [0.15, 0.2) is 29.2 Å². The molecule has 8 heteroatoms. The molecule has 0 saturated carbocycles. The van der Waals surface area contributed by atoms with Crippen LogP contribution in [0.25, 0.3) is 0 Å². The Morgan fingerprint density at radius 1 is 1.20 bits per heavy atom. The van der Waals surface area contributed by atoms with Crippen molar-refractivity contribution in [2.24, 2.45) is 0 Å². The van der Waals surface area contributed by atoms with Crippen molar-refractivity contribution in [1.82, 2.24) is 9.62 Å². The summed E-state index contributed by atoms with van der Waals surface area (Å²) < 4.78 is 32.4. The number of carbonyl (C=O) groups is 1. The first-order chi connectivity index (χ1) is 11.9. The Labute approximate surface area is 149 Å². The minimum atomic E-state index is -3.55. The van der Waals surface area contributed by atoms with Gasteiger partial charge in [-0.1, -0.05) is 0 Å². The van der Waals surface area contributed by atoms with Crippen molar-refractivity contribution in [3.63, 3.8) is 0 Å². The number of hydrogen-bond donors (Lipinski definition) is 2. The van der Waals surface area contributed by atoms with Gasteiger partial charge in [0, 0.05) is 31.9 Å². The fourth-order valence-corrected chi connectivity index (χ4v) is 3.60. The first kappa shape index (κ1) is 19.7. The van der Waals surface area contributed by atoms with E-state index in [1.165, 1.54) is 12.1 Å². The van der Waals surface area contributed by atoms with Gasteiger partial charge in [0.05, 0.1) is 11.0 Å². The summed E-state index contributed by atoms with van der Waals surface area (Å²) in [6.45, 7) is 6.25. The molecule has 0 radical (unpaired) electrons. The van der Waals surface area contributed by atoms with Gasteiger partial charge in [-0.25, -0.2) is 17.9 Å². The first-order valence-electron chi connectivity index (χ1n) is 8.66. The van der Waals surface area contributed by atoms with E-state index in [1.807, 2.05) is 13.8 Å². The number of sulfonamides is 1. The maximum absolute atomic E-state index is 12.2. The van der Waals surface area contributed by atoms with Crippen molar-refractivity contribution in [1.29, 1.82) is 0 Å². The Bertz CT molecular complexity index is 653. The molecule has 1 fully saturated rings. The molecule has 140 valence electrons. The summed E-state index contributed by atoms with van der Waals surface area (Å²) >= 11 is 0. The average Bonchev–Trinajstić information content (AvgIpc) is 3.09. The van der Waals surface area contributed by atoms with Crippen LogP contribution in [-0.2, 0) is 14.8 Å². The molecule has 1 aromatic rings. The highest BCUT2D eigenvalue weighted by Crippen LogP contribution is 2.16. The summed E-state index contributed by atoms with van der Waals surface area (Å²) in [5.74, 6) is 0. The summed E-state index contributed by atoms with van der Waals surface area (Å²) in [5.41, 5.74) is 0.584. The molecule has 1 heterocycles. The van der Waals surface area contributed by atoms with Gasteiger partial charge in [0.25, 0.3) is 0 Å². The van der Waals surface area contributed by atoms with E-state index in [1.54, 1.807) is 17.0 Å². The molecule has 0 unspecified atom stereocenters. The van der Waals surface area contributed by atoms with Crippen LogP contribution in [0.2, 0.25) is 0 Å². The molecule has 2 rings (SSSR count). The highest BCUT2D eigenvalue weighted by Gasteiger charge is 2.18. The van der Waals surface area contributed by atoms with E-state index in [0.29, 0.717) is 25.3 Å². The number of benzene rings is 1. The highest BCUT2D eigenvalue weighted by molar-refractivity contribution is 7.89. The van der Waals surface area contributed by atoms with E-state index in [0.717, 1.165) is 25.9 Å². The van der Waals surface area contributed by atoms with Crippen molar-refractivity contribution in [2.45, 2.75) is 44.1 Å². The highest BCUT2D eigenvalue weighted by atomic mass is 32.2. The fraction of sp³-hybridized carbons (Fsp3) is 0.588. The smallest absolute Gasteiger partial charge is 0.321 e. The number of rotatable bonds is 8. The number of nitrogens with zero attached hydrogens (tertiary/aromatic N) is 1. The number of urea groups is 1. The second kappa shape index (κ2) is 9.17. The summed E-state index contributed by atoms with van der Waals surface area (Å²) in [5, 5.41) is 2.79. The standard InChI is InChI=1S/C17H27N3O4S/c1-14(2)24-13-5-10-18-25(22,23)16-8-6-15(7-9-16)19-17(21)20-11-3-4-12-20/h6-9,14,18H,3-5,10-13H2,1-2H3,(H,19,21). The second-order valence-corrected chi connectivity index (χ2v) is 8.09. The summed E-state index contributed by atoms with van der Waals surface area (Å²) in [4.78, 5) is 14.0. The molecule has 0 bridgehead atoms. The Kier molecular flexibility index (Phi) is 7.22. The number of anilines is 1. The van der Waals surface area contributed by atoms with Crippen LogP contribution in [0.4, 0.5) is 10.5 Å². The van der Waals surface area contributed by atoms with Crippen LogP contribution >= 0.6 is 0 Å². The van der Waals surface area contributed by atoms with E-state index in [2.05, 4.69) is 10.0 Å². The van der Waals surface area contributed by atoms with Gasteiger partial charge < -0.3 is 15.0 Å². The van der Waals surface area contributed by atoms with Crippen molar-refractivity contribution in [3.8, 4) is 0 Å². The molecular weight excluding hydrogens is 342 g/mol. The average molecular weight is 369 g/mol. The maximum atomic E-state index is 12.2. The van der Waals surface area contributed by atoms with Crippen LogP contribution in [-0.4, -0.2) is 51.7 Å². The lowest BCUT2D eigenvalue weighted by molar-refractivity contribution is 0.0778. The second-order valence-electron chi connectivity index (χ2n) is 6.32. The van der Waals surface area contributed by atoms with Gasteiger partial charge in [-0.2, -0.15) is 0 Å². The van der Waals surface area contributed by atoms with Crippen LogP contribution in [0.1, 0.15) is 33.1 Å².